The van der Waals surface area contributed by atoms with Gasteiger partial charge in [-0.25, -0.2) is 0 Å². The van der Waals surface area contributed by atoms with Crippen molar-refractivity contribution in [2.24, 2.45) is 16.8 Å². The Balaban J connectivity index is 2.36. The summed E-state index contributed by atoms with van der Waals surface area (Å²) in [5.74, 6) is 0.315. The number of amidine groups is 1. The second kappa shape index (κ2) is 5.58. The molecule has 0 aromatic heterocycles. The second-order valence-corrected chi connectivity index (χ2v) is 4.20. The number of carbonyl (C=O) groups is 1. The molecule has 1 saturated carbocycles. The fourth-order valence-electron chi connectivity index (χ4n) is 1.99. The van der Waals surface area contributed by atoms with Gasteiger partial charge in [-0.05, 0) is 18.8 Å². The van der Waals surface area contributed by atoms with E-state index in [4.69, 9.17) is 10.9 Å². The summed E-state index contributed by atoms with van der Waals surface area (Å²) in [6.07, 6.45) is 4.57. The van der Waals surface area contributed by atoms with Crippen LogP contribution in [0.3, 0.4) is 0 Å². The molecule has 1 fully saturated rings. The zero-order chi connectivity index (χ0) is 11.3. The van der Waals surface area contributed by atoms with Crippen LogP contribution in [0.5, 0.6) is 0 Å². The van der Waals surface area contributed by atoms with E-state index in [1.807, 2.05) is 0 Å². The number of oxime groups is 1. The first kappa shape index (κ1) is 11.8. The van der Waals surface area contributed by atoms with E-state index in [9.17, 15) is 4.79 Å². The Labute approximate surface area is 89.7 Å². The molecule has 1 amide bonds. The summed E-state index contributed by atoms with van der Waals surface area (Å²) < 4.78 is 0. The van der Waals surface area contributed by atoms with E-state index >= 15 is 0 Å². The Morgan fingerprint density at radius 2 is 2.20 bits per heavy atom. The highest BCUT2D eigenvalue weighted by molar-refractivity contribution is 5.98. The highest BCUT2D eigenvalue weighted by atomic mass is 16.4. The molecule has 86 valence electrons. The normalized spacial score (nSPS) is 27.4. The highest BCUT2D eigenvalue weighted by Gasteiger charge is 2.22. The predicted octanol–water partition coefficient (Wildman–Crippen LogP) is 0.818. The third-order valence-corrected chi connectivity index (χ3v) is 2.93. The molecule has 5 nitrogen and oxygen atoms in total. The summed E-state index contributed by atoms with van der Waals surface area (Å²) in [6, 6.07) is 0.248. The maximum atomic E-state index is 11.4. The molecule has 0 heterocycles. The van der Waals surface area contributed by atoms with Crippen LogP contribution >= 0.6 is 0 Å². The zero-order valence-electron chi connectivity index (χ0n) is 9.07. The molecule has 4 N–H and O–H groups in total. The van der Waals surface area contributed by atoms with Gasteiger partial charge in [-0.1, -0.05) is 24.9 Å². The lowest BCUT2D eigenvalue weighted by Crippen LogP contribution is -2.42. The molecule has 0 bridgehead atoms. The standard InChI is InChI=1S/C10H19N3O2/c1-7-4-2-3-5-8(7)12-10(14)6-9(11)13-15/h7-8,15H,2-6H2,1H3,(H2,11,13)(H,12,14). The van der Waals surface area contributed by atoms with Crippen molar-refractivity contribution in [1.82, 2.24) is 5.32 Å². The molecule has 2 unspecified atom stereocenters. The van der Waals surface area contributed by atoms with Gasteiger partial charge < -0.3 is 16.3 Å². The molecule has 1 aliphatic carbocycles. The van der Waals surface area contributed by atoms with Gasteiger partial charge in [0.2, 0.25) is 5.91 Å². The third kappa shape index (κ3) is 3.77. The first-order valence-corrected chi connectivity index (χ1v) is 5.39. The van der Waals surface area contributed by atoms with E-state index in [1.165, 1.54) is 12.8 Å². The molecule has 5 heteroatoms. The zero-order valence-corrected chi connectivity index (χ0v) is 9.07. The van der Waals surface area contributed by atoms with Crippen molar-refractivity contribution >= 4 is 11.7 Å². The van der Waals surface area contributed by atoms with E-state index in [1.54, 1.807) is 0 Å². The molecule has 0 aromatic rings. The van der Waals surface area contributed by atoms with Crippen molar-refractivity contribution in [3.63, 3.8) is 0 Å². The lowest BCUT2D eigenvalue weighted by molar-refractivity contribution is -0.121. The summed E-state index contributed by atoms with van der Waals surface area (Å²) in [7, 11) is 0. The average Bonchev–Trinajstić information content (AvgIpc) is 2.21. The van der Waals surface area contributed by atoms with Crippen LogP contribution in [0.4, 0.5) is 0 Å². The third-order valence-electron chi connectivity index (χ3n) is 2.93. The molecule has 2 atom stereocenters. The van der Waals surface area contributed by atoms with Crippen LogP contribution < -0.4 is 11.1 Å². The van der Waals surface area contributed by atoms with Crippen LogP contribution in [-0.4, -0.2) is 23.0 Å². The number of rotatable bonds is 3. The van der Waals surface area contributed by atoms with Crippen molar-refractivity contribution in [2.45, 2.75) is 45.1 Å². The van der Waals surface area contributed by atoms with Gasteiger partial charge in [0.25, 0.3) is 0 Å². The van der Waals surface area contributed by atoms with Gasteiger partial charge in [-0.15, -0.1) is 0 Å². The molecule has 1 aliphatic rings. The molecule has 0 spiro atoms. The van der Waals surface area contributed by atoms with Gasteiger partial charge in [0.15, 0.2) is 0 Å². The Bertz CT molecular complexity index is 253. The number of hydrogen-bond donors (Lipinski definition) is 3. The van der Waals surface area contributed by atoms with Crippen LogP contribution in [0.25, 0.3) is 0 Å². The number of nitrogens with two attached hydrogens (primary N) is 1. The molecule has 0 radical (unpaired) electrons. The van der Waals surface area contributed by atoms with Crippen molar-refractivity contribution in [3.05, 3.63) is 0 Å². The Hall–Kier alpha value is -1.26. The molecule has 15 heavy (non-hydrogen) atoms. The van der Waals surface area contributed by atoms with Crippen molar-refractivity contribution in [3.8, 4) is 0 Å². The van der Waals surface area contributed by atoms with Crippen LogP contribution in [0.15, 0.2) is 5.16 Å². The van der Waals surface area contributed by atoms with Gasteiger partial charge in [0, 0.05) is 6.04 Å². The maximum absolute atomic E-state index is 11.4. The fraction of sp³-hybridized carbons (Fsp3) is 0.800. The lowest BCUT2D eigenvalue weighted by Gasteiger charge is -2.29. The van der Waals surface area contributed by atoms with E-state index < -0.39 is 0 Å². The summed E-state index contributed by atoms with van der Waals surface area (Å²) in [4.78, 5) is 11.4. The van der Waals surface area contributed by atoms with Gasteiger partial charge in [0.05, 0.1) is 6.42 Å². The first-order valence-electron chi connectivity index (χ1n) is 5.39. The number of carbonyl (C=O) groups excluding carboxylic acids is 1. The van der Waals surface area contributed by atoms with Gasteiger partial charge in [-0.3, -0.25) is 4.79 Å². The summed E-state index contributed by atoms with van der Waals surface area (Å²) >= 11 is 0. The van der Waals surface area contributed by atoms with E-state index in [2.05, 4.69) is 17.4 Å². The molecule has 0 saturated heterocycles. The second-order valence-electron chi connectivity index (χ2n) is 4.20. The summed E-state index contributed by atoms with van der Waals surface area (Å²) in [5.41, 5.74) is 5.25. The van der Waals surface area contributed by atoms with Crippen molar-refractivity contribution in [1.29, 1.82) is 0 Å². The van der Waals surface area contributed by atoms with Gasteiger partial charge >= 0.3 is 0 Å². The Morgan fingerprint density at radius 1 is 1.53 bits per heavy atom. The number of nitrogens with one attached hydrogen (secondary N) is 1. The van der Waals surface area contributed by atoms with Crippen molar-refractivity contribution < 1.29 is 10.0 Å². The monoisotopic (exact) mass is 213 g/mol. The van der Waals surface area contributed by atoms with Crippen LogP contribution in [0.2, 0.25) is 0 Å². The minimum absolute atomic E-state index is 0.0281. The number of hydrogen-bond acceptors (Lipinski definition) is 3. The van der Waals surface area contributed by atoms with Crippen LogP contribution in [0.1, 0.15) is 39.0 Å². The highest BCUT2D eigenvalue weighted by Crippen LogP contribution is 2.23. The first-order chi connectivity index (χ1) is 7.13. The topological polar surface area (TPSA) is 87.7 Å². The lowest BCUT2D eigenvalue weighted by atomic mass is 9.86. The predicted molar refractivity (Wildman–Crippen MR) is 57.6 cm³/mol. The largest absolute Gasteiger partial charge is 0.409 e. The average molecular weight is 213 g/mol. The molecule has 1 rings (SSSR count). The van der Waals surface area contributed by atoms with Gasteiger partial charge in [0.1, 0.15) is 5.84 Å². The van der Waals surface area contributed by atoms with E-state index in [0.717, 1.165) is 12.8 Å². The minimum atomic E-state index is -0.163. The quantitative estimate of drug-likeness (QED) is 0.281. The smallest absolute Gasteiger partial charge is 0.227 e. The number of nitrogens with zero attached hydrogens (tertiary/aromatic N) is 1. The fourth-order valence-corrected chi connectivity index (χ4v) is 1.99. The van der Waals surface area contributed by atoms with Gasteiger partial charge in [-0.2, -0.15) is 0 Å². The summed E-state index contributed by atoms with van der Waals surface area (Å²) in [6.45, 7) is 2.15. The Kier molecular flexibility index (Phi) is 4.39. The van der Waals surface area contributed by atoms with E-state index in [-0.39, 0.29) is 24.2 Å². The van der Waals surface area contributed by atoms with E-state index in [0.29, 0.717) is 5.92 Å². The molecular weight excluding hydrogens is 194 g/mol. The SMILES string of the molecule is CC1CCCCC1NC(=O)C/C(N)=N/O. The van der Waals surface area contributed by atoms with Crippen molar-refractivity contribution in [2.75, 3.05) is 0 Å². The maximum Gasteiger partial charge on any atom is 0.227 e. The van der Waals surface area contributed by atoms with Crippen LogP contribution in [0, 0.1) is 5.92 Å². The number of amides is 1. The summed E-state index contributed by atoms with van der Waals surface area (Å²) in [5, 5.41) is 14.0. The molecular formula is C10H19N3O2. The molecule has 0 aromatic carbocycles. The molecule has 0 aliphatic heterocycles. The van der Waals surface area contributed by atoms with Crippen LogP contribution in [-0.2, 0) is 4.79 Å². The minimum Gasteiger partial charge on any atom is -0.409 e. The Morgan fingerprint density at radius 3 is 2.80 bits per heavy atom.